The molecule has 0 spiro atoms. The van der Waals surface area contributed by atoms with E-state index in [4.69, 9.17) is 15.7 Å². The highest BCUT2D eigenvalue weighted by Crippen LogP contribution is 2.32. The van der Waals surface area contributed by atoms with Crippen molar-refractivity contribution in [1.29, 1.82) is 5.26 Å². The molecule has 5 heteroatoms. The fourth-order valence-electron chi connectivity index (χ4n) is 1.65. The number of nitriles is 1. The normalized spacial score (nSPS) is 21.3. The van der Waals surface area contributed by atoms with Crippen molar-refractivity contribution in [3.8, 4) is 6.07 Å². The Kier molecular flexibility index (Phi) is 2.80. The third-order valence-electron chi connectivity index (χ3n) is 2.40. The maximum atomic E-state index is 8.82. The molecule has 0 aliphatic carbocycles. The second kappa shape index (κ2) is 4.09. The molecule has 1 fully saturated rings. The summed E-state index contributed by atoms with van der Waals surface area (Å²) < 4.78 is 5.46. The van der Waals surface area contributed by atoms with E-state index in [-0.39, 0.29) is 6.10 Å². The number of anilines is 2. The van der Waals surface area contributed by atoms with E-state index in [1.807, 2.05) is 13.0 Å². The second-order valence-electron chi connectivity index (χ2n) is 3.61. The lowest BCUT2D eigenvalue weighted by molar-refractivity contribution is 0.0535. The molecule has 2 heterocycles. The summed E-state index contributed by atoms with van der Waals surface area (Å²) in [6.45, 7) is 4.52. The molecule has 0 saturated carbocycles. The van der Waals surface area contributed by atoms with Gasteiger partial charge in [-0.05, 0) is 13.0 Å². The van der Waals surface area contributed by atoms with Gasteiger partial charge in [-0.15, -0.1) is 11.3 Å². The van der Waals surface area contributed by atoms with Gasteiger partial charge in [-0.2, -0.15) is 5.26 Å². The number of nitrogens with zero attached hydrogens (tertiary/aromatic N) is 2. The summed E-state index contributed by atoms with van der Waals surface area (Å²) in [5, 5.41) is 9.89. The number of morpholine rings is 1. The Morgan fingerprint density at radius 3 is 3.13 bits per heavy atom. The van der Waals surface area contributed by atoms with Crippen molar-refractivity contribution in [1.82, 2.24) is 0 Å². The van der Waals surface area contributed by atoms with Gasteiger partial charge in [0, 0.05) is 13.1 Å². The summed E-state index contributed by atoms with van der Waals surface area (Å²) in [5.41, 5.74) is 6.30. The maximum absolute atomic E-state index is 8.82. The lowest BCUT2D eigenvalue weighted by atomic mass is 10.3. The molecule has 0 bridgehead atoms. The first-order chi connectivity index (χ1) is 7.20. The highest BCUT2D eigenvalue weighted by atomic mass is 32.1. The zero-order valence-electron chi connectivity index (χ0n) is 8.56. The first-order valence-electron chi connectivity index (χ1n) is 4.86. The topological polar surface area (TPSA) is 62.3 Å². The van der Waals surface area contributed by atoms with E-state index in [9.17, 15) is 0 Å². The number of nitrogens with two attached hydrogens (primary N) is 1. The molecule has 1 saturated heterocycles. The van der Waals surface area contributed by atoms with Crippen molar-refractivity contribution < 1.29 is 4.74 Å². The van der Waals surface area contributed by atoms with E-state index in [1.165, 1.54) is 11.3 Å². The van der Waals surface area contributed by atoms with Gasteiger partial charge < -0.3 is 15.4 Å². The van der Waals surface area contributed by atoms with Crippen LogP contribution in [0, 0.1) is 11.3 Å². The molecule has 1 unspecified atom stereocenters. The van der Waals surface area contributed by atoms with Gasteiger partial charge in [0.05, 0.1) is 23.4 Å². The lowest BCUT2D eigenvalue weighted by Crippen LogP contribution is -2.40. The van der Waals surface area contributed by atoms with Crippen LogP contribution in [-0.4, -0.2) is 25.8 Å². The predicted molar refractivity (Wildman–Crippen MR) is 61.1 cm³/mol. The van der Waals surface area contributed by atoms with E-state index >= 15 is 0 Å². The Morgan fingerprint density at radius 1 is 1.73 bits per heavy atom. The number of ether oxygens (including phenoxy) is 1. The van der Waals surface area contributed by atoms with E-state index in [0.717, 1.165) is 24.7 Å². The monoisotopic (exact) mass is 223 g/mol. The number of thiophene rings is 1. The van der Waals surface area contributed by atoms with Crippen molar-refractivity contribution in [2.45, 2.75) is 13.0 Å². The number of hydrogen-bond donors (Lipinski definition) is 1. The van der Waals surface area contributed by atoms with Crippen molar-refractivity contribution in [3.05, 3.63) is 10.9 Å². The van der Waals surface area contributed by atoms with Crippen LogP contribution in [-0.2, 0) is 4.74 Å². The first kappa shape index (κ1) is 10.3. The molecular weight excluding hydrogens is 210 g/mol. The smallest absolute Gasteiger partial charge is 0.129 e. The first-order valence-corrected chi connectivity index (χ1v) is 5.68. The molecular formula is C10H13N3OS. The van der Waals surface area contributed by atoms with Crippen LogP contribution in [0.2, 0.25) is 0 Å². The summed E-state index contributed by atoms with van der Waals surface area (Å²) in [6, 6.07) is 3.98. The second-order valence-corrected chi connectivity index (χ2v) is 4.64. The molecule has 1 aromatic heterocycles. The number of rotatable bonds is 1. The molecule has 1 aromatic rings. The maximum Gasteiger partial charge on any atom is 0.129 e. The third-order valence-corrected chi connectivity index (χ3v) is 3.52. The Balaban J connectivity index is 2.18. The van der Waals surface area contributed by atoms with Crippen LogP contribution in [0.15, 0.2) is 6.07 Å². The quantitative estimate of drug-likeness (QED) is 0.782. The largest absolute Gasteiger partial charge is 0.397 e. The van der Waals surface area contributed by atoms with Gasteiger partial charge in [0.2, 0.25) is 0 Å². The van der Waals surface area contributed by atoms with Gasteiger partial charge in [-0.25, -0.2) is 0 Å². The minimum absolute atomic E-state index is 0.243. The molecule has 1 atom stereocenters. The van der Waals surface area contributed by atoms with E-state index in [0.29, 0.717) is 10.6 Å². The fraction of sp³-hybridized carbons (Fsp3) is 0.500. The minimum atomic E-state index is 0.243. The lowest BCUT2D eigenvalue weighted by Gasteiger charge is -2.31. The Labute approximate surface area is 92.9 Å². The molecule has 0 aromatic carbocycles. The number of hydrogen-bond acceptors (Lipinski definition) is 5. The SMILES string of the molecule is CC1CN(c2cc(N)c(C#N)s2)CCO1. The minimum Gasteiger partial charge on any atom is -0.397 e. The fourth-order valence-corrected chi connectivity index (χ4v) is 2.57. The van der Waals surface area contributed by atoms with Crippen LogP contribution in [0.3, 0.4) is 0 Å². The number of nitrogen functional groups attached to an aromatic ring is 1. The zero-order valence-corrected chi connectivity index (χ0v) is 9.38. The average molecular weight is 223 g/mol. The van der Waals surface area contributed by atoms with Gasteiger partial charge in [-0.3, -0.25) is 0 Å². The third kappa shape index (κ3) is 2.06. The Morgan fingerprint density at radius 2 is 2.53 bits per heavy atom. The molecule has 2 rings (SSSR count). The van der Waals surface area contributed by atoms with Crippen LogP contribution < -0.4 is 10.6 Å². The Hall–Kier alpha value is -1.25. The highest BCUT2D eigenvalue weighted by Gasteiger charge is 2.19. The standard InChI is InChI=1S/C10H13N3OS/c1-7-6-13(2-3-14-7)10-4-8(12)9(5-11)15-10/h4,7H,2-3,6,12H2,1H3. The summed E-state index contributed by atoms with van der Waals surface area (Å²) in [4.78, 5) is 2.82. The van der Waals surface area contributed by atoms with Gasteiger partial charge in [0.15, 0.2) is 0 Å². The molecule has 0 radical (unpaired) electrons. The average Bonchev–Trinajstić information content (AvgIpc) is 2.60. The van der Waals surface area contributed by atoms with Crippen LogP contribution in [0.1, 0.15) is 11.8 Å². The summed E-state index contributed by atoms with van der Waals surface area (Å²) in [5.74, 6) is 0. The van der Waals surface area contributed by atoms with Crippen LogP contribution in [0.5, 0.6) is 0 Å². The highest BCUT2D eigenvalue weighted by molar-refractivity contribution is 7.17. The van der Waals surface area contributed by atoms with Gasteiger partial charge in [0.25, 0.3) is 0 Å². The van der Waals surface area contributed by atoms with Crippen molar-refractivity contribution in [2.75, 3.05) is 30.3 Å². The summed E-state index contributed by atoms with van der Waals surface area (Å²) >= 11 is 1.45. The molecule has 1 aliphatic rings. The Bertz CT molecular complexity index is 396. The van der Waals surface area contributed by atoms with Gasteiger partial charge in [-0.1, -0.05) is 0 Å². The van der Waals surface area contributed by atoms with Crippen molar-refractivity contribution in [2.24, 2.45) is 0 Å². The van der Waals surface area contributed by atoms with E-state index in [2.05, 4.69) is 11.0 Å². The molecule has 2 N–H and O–H groups in total. The van der Waals surface area contributed by atoms with Gasteiger partial charge >= 0.3 is 0 Å². The summed E-state index contributed by atoms with van der Waals surface area (Å²) in [7, 11) is 0. The van der Waals surface area contributed by atoms with Crippen LogP contribution in [0.4, 0.5) is 10.7 Å². The van der Waals surface area contributed by atoms with Crippen LogP contribution >= 0.6 is 11.3 Å². The molecule has 4 nitrogen and oxygen atoms in total. The molecule has 80 valence electrons. The van der Waals surface area contributed by atoms with Gasteiger partial charge in [0.1, 0.15) is 10.9 Å². The molecule has 0 amide bonds. The zero-order chi connectivity index (χ0) is 10.8. The van der Waals surface area contributed by atoms with E-state index < -0.39 is 0 Å². The predicted octanol–water partition coefficient (Wildman–Crippen LogP) is 1.43. The molecule has 1 aliphatic heterocycles. The van der Waals surface area contributed by atoms with Crippen molar-refractivity contribution in [3.63, 3.8) is 0 Å². The van der Waals surface area contributed by atoms with Crippen molar-refractivity contribution >= 4 is 22.0 Å². The summed E-state index contributed by atoms with van der Waals surface area (Å²) in [6.07, 6.45) is 0.243. The van der Waals surface area contributed by atoms with Crippen LogP contribution in [0.25, 0.3) is 0 Å². The van der Waals surface area contributed by atoms with E-state index in [1.54, 1.807) is 0 Å². The molecule has 15 heavy (non-hydrogen) atoms.